The Kier molecular flexibility index (Phi) is 10.5. The molecule has 0 saturated carbocycles. The van der Waals surface area contributed by atoms with E-state index in [0.29, 0.717) is 33.3 Å². The van der Waals surface area contributed by atoms with Gasteiger partial charge in [0, 0.05) is 16.0 Å². The number of rotatable bonds is 9. The van der Waals surface area contributed by atoms with E-state index in [4.69, 9.17) is 25.8 Å². The summed E-state index contributed by atoms with van der Waals surface area (Å²) in [4.78, 5) is 39.1. The molecule has 0 aliphatic heterocycles. The zero-order valence-corrected chi connectivity index (χ0v) is 25.0. The quantitative estimate of drug-likeness (QED) is 0.0995. The number of halogens is 2. The van der Waals surface area contributed by atoms with E-state index in [2.05, 4.69) is 15.8 Å². The van der Waals surface area contributed by atoms with Gasteiger partial charge < -0.3 is 19.5 Å². The third-order valence-electron chi connectivity index (χ3n) is 6.67. The molecule has 2 aromatic carbocycles. The Morgan fingerprint density at radius 1 is 1.07 bits per heavy atom. The van der Waals surface area contributed by atoms with Crippen molar-refractivity contribution in [1.29, 1.82) is 0 Å². The highest BCUT2D eigenvalue weighted by molar-refractivity contribution is 7.17. The first-order chi connectivity index (χ1) is 20.2. The van der Waals surface area contributed by atoms with Crippen molar-refractivity contribution in [3.05, 3.63) is 74.4 Å². The van der Waals surface area contributed by atoms with Crippen molar-refractivity contribution < 1.29 is 33.0 Å². The number of carbonyl (C=O) groups is 3. The van der Waals surface area contributed by atoms with E-state index in [1.807, 2.05) is 0 Å². The molecule has 222 valence electrons. The van der Waals surface area contributed by atoms with Crippen molar-refractivity contribution in [1.82, 2.24) is 5.43 Å². The second-order valence-corrected chi connectivity index (χ2v) is 10.9. The number of carbonyl (C=O) groups excluding carboxylic acids is 3. The first kappa shape index (κ1) is 31.0. The summed E-state index contributed by atoms with van der Waals surface area (Å²) in [6.45, 7) is 3.45. The molecule has 2 N–H and O–H groups in total. The fourth-order valence-corrected chi connectivity index (χ4v) is 5.98. The summed E-state index contributed by atoms with van der Waals surface area (Å²) in [6, 6.07) is 9.32. The number of hydrazone groups is 1. The van der Waals surface area contributed by atoms with Gasteiger partial charge in [-0.1, -0.05) is 24.1 Å². The molecule has 0 saturated heterocycles. The summed E-state index contributed by atoms with van der Waals surface area (Å²) in [5.74, 6) is -2.25. The van der Waals surface area contributed by atoms with E-state index in [0.717, 1.165) is 42.5 Å². The van der Waals surface area contributed by atoms with Crippen LogP contribution in [0.25, 0.3) is 0 Å². The minimum atomic E-state index is -0.999. The van der Waals surface area contributed by atoms with Crippen molar-refractivity contribution in [3.63, 3.8) is 0 Å². The molecule has 1 aromatic heterocycles. The standard InChI is InChI=1S/C30H31ClFN3O6S/c1-4-40-30(38)26-19-9-6-5-7-12-25(19)42-29(26)33-27(36)28(37)35-34-17(2)18-13-14-23(24(15-18)39-3)41-16-20-21(31)10-8-11-22(20)32/h8,10-11,13-15H,4-7,9,12,16H2,1-3H3,(H,33,36)(H,35,37). The van der Waals surface area contributed by atoms with Crippen LogP contribution >= 0.6 is 22.9 Å². The minimum Gasteiger partial charge on any atom is -0.493 e. The average Bonchev–Trinajstić information content (AvgIpc) is 3.15. The summed E-state index contributed by atoms with van der Waals surface area (Å²) < 4.78 is 30.5. The lowest BCUT2D eigenvalue weighted by Crippen LogP contribution is -2.33. The summed E-state index contributed by atoms with van der Waals surface area (Å²) >= 11 is 7.38. The van der Waals surface area contributed by atoms with Gasteiger partial charge in [0.05, 0.1) is 30.0 Å². The number of ether oxygens (including phenoxy) is 3. The van der Waals surface area contributed by atoms with Crippen molar-refractivity contribution in [3.8, 4) is 11.5 Å². The van der Waals surface area contributed by atoms with Crippen LogP contribution in [0.4, 0.5) is 9.39 Å². The van der Waals surface area contributed by atoms with Gasteiger partial charge in [-0.15, -0.1) is 11.3 Å². The number of anilines is 1. The van der Waals surface area contributed by atoms with E-state index in [1.165, 1.54) is 30.6 Å². The number of aryl methyl sites for hydroxylation is 1. The number of esters is 1. The summed E-state index contributed by atoms with van der Waals surface area (Å²) in [7, 11) is 1.45. The van der Waals surface area contributed by atoms with Crippen molar-refractivity contribution in [2.24, 2.45) is 5.10 Å². The van der Waals surface area contributed by atoms with Crippen molar-refractivity contribution in [2.45, 2.75) is 52.6 Å². The number of nitrogens with one attached hydrogen (secondary N) is 2. The molecule has 1 aliphatic rings. The Morgan fingerprint density at radius 2 is 1.86 bits per heavy atom. The van der Waals surface area contributed by atoms with Crippen LogP contribution in [0.2, 0.25) is 5.02 Å². The number of hydrogen-bond donors (Lipinski definition) is 2. The molecular formula is C30H31ClFN3O6S. The molecule has 2 amide bonds. The topological polar surface area (TPSA) is 115 Å². The number of nitrogens with zero attached hydrogens (tertiary/aromatic N) is 1. The maximum Gasteiger partial charge on any atom is 0.341 e. The van der Waals surface area contributed by atoms with Gasteiger partial charge in [-0.3, -0.25) is 9.59 Å². The number of hydrogen-bond acceptors (Lipinski definition) is 8. The molecule has 0 radical (unpaired) electrons. The van der Waals surface area contributed by atoms with Crippen LogP contribution in [-0.4, -0.2) is 37.2 Å². The average molecular weight is 616 g/mol. The minimum absolute atomic E-state index is 0.107. The summed E-state index contributed by atoms with van der Waals surface area (Å²) in [5, 5.41) is 7.18. The van der Waals surface area contributed by atoms with Crippen molar-refractivity contribution in [2.75, 3.05) is 19.0 Å². The Morgan fingerprint density at radius 3 is 2.60 bits per heavy atom. The van der Waals surface area contributed by atoms with Crippen molar-refractivity contribution >= 4 is 51.4 Å². The predicted molar refractivity (Wildman–Crippen MR) is 159 cm³/mol. The van der Waals surface area contributed by atoms with E-state index < -0.39 is 23.6 Å². The fraction of sp³-hybridized carbons (Fsp3) is 0.333. The van der Waals surface area contributed by atoms with E-state index in [1.54, 1.807) is 38.1 Å². The molecule has 42 heavy (non-hydrogen) atoms. The van der Waals surface area contributed by atoms with E-state index in [9.17, 15) is 18.8 Å². The number of benzene rings is 2. The van der Waals surface area contributed by atoms with Gasteiger partial charge in [-0.05, 0) is 75.4 Å². The first-order valence-corrected chi connectivity index (χ1v) is 14.6. The van der Waals surface area contributed by atoms with Crippen LogP contribution < -0.4 is 20.2 Å². The van der Waals surface area contributed by atoms with E-state index >= 15 is 0 Å². The highest BCUT2D eigenvalue weighted by atomic mass is 35.5. The normalized spacial score (nSPS) is 13.0. The zero-order valence-electron chi connectivity index (χ0n) is 23.5. The zero-order chi connectivity index (χ0) is 30.2. The highest BCUT2D eigenvalue weighted by Crippen LogP contribution is 2.38. The molecule has 0 bridgehead atoms. The van der Waals surface area contributed by atoms with Crippen LogP contribution in [0, 0.1) is 5.82 Å². The van der Waals surface area contributed by atoms with Crippen LogP contribution in [0.3, 0.4) is 0 Å². The van der Waals surface area contributed by atoms with Gasteiger partial charge in [0.25, 0.3) is 0 Å². The lowest BCUT2D eigenvalue weighted by Gasteiger charge is -2.13. The van der Waals surface area contributed by atoms with Crippen LogP contribution in [0.5, 0.6) is 11.5 Å². The van der Waals surface area contributed by atoms with Gasteiger partial charge in [0.1, 0.15) is 17.4 Å². The lowest BCUT2D eigenvalue weighted by atomic mass is 10.1. The second-order valence-electron chi connectivity index (χ2n) is 9.44. The third-order valence-corrected chi connectivity index (χ3v) is 8.24. The molecule has 0 fully saturated rings. The maximum absolute atomic E-state index is 14.1. The van der Waals surface area contributed by atoms with E-state index in [-0.39, 0.29) is 23.8 Å². The van der Waals surface area contributed by atoms with Crippen LogP contribution in [0.15, 0.2) is 41.5 Å². The molecule has 1 aliphatic carbocycles. The molecule has 12 heteroatoms. The number of fused-ring (bicyclic) bond motifs is 1. The second kappa shape index (κ2) is 14.3. The predicted octanol–water partition coefficient (Wildman–Crippen LogP) is 6.05. The molecule has 0 unspecified atom stereocenters. The monoisotopic (exact) mass is 615 g/mol. The van der Waals surface area contributed by atoms with Crippen LogP contribution in [-0.2, 0) is 33.8 Å². The maximum atomic E-state index is 14.1. The molecule has 0 spiro atoms. The Balaban J connectivity index is 1.43. The van der Waals surface area contributed by atoms with Gasteiger partial charge in [0.15, 0.2) is 11.5 Å². The molecule has 9 nitrogen and oxygen atoms in total. The fourth-order valence-electron chi connectivity index (χ4n) is 4.49. The SMILES string of the molecule is CCOC(=O)c1c(NC(=O)C(=O)NN=C(C)c2ccc(OCc3c(F)cccc3Cl)c(OC)c2)sc2c1CCCCC2. The molecule has 0 atom stereocenters. The van der Waals surface area contributed by atoms with Gasteiger partial charge in [-0.25, -0.2) is 14.6 Å². The largest absolute Gasteiger partial charge is 0.493 e. The Bertz CT molecular complexity index is 1500. The summed E-state index contributed by atoms with van der Waals surface area (Å²) in [5.41, 5.74) is 4.65. The first-order valence-electron chi connectivity index (χ1n) is 13.4. The smallest absolute Gasteiger partial charge is 0.341 e. The lowest BCUT2D eigenvalue weighted by molar-refractivity contribution is -0.136. The number of thiophene rings is 1. The third kappa shape index (κ3) is 7.27. The van der Waals surface area contributed by atoms with Gasteiger partial charge in [-0.2, -0.15) is 5.10 Å². The molecule has 4 rings (SSSR count). The Hall–Kier alpha value is -3.96. The molecule has 3 aromatic rings. The molecular weight excluding hydrogens is 585 g/mol. The van der Waals surface area contributed by atoms with Crippen LogP contribution in [0.1, 0.15) is 65.0 Å². The van der Waals surface area contributed by atoms with Gasteiger partial charge in [0.2, 0.25) is 0 Å². The Labute approximate surface area is 252 Å². The van der Waals surface area contributed by atoms with Gasteiger partial charge >= 0.3 is 17.8 Å². The number of methoxy groups -OCH3 is 1. The summed E-state index contributed by atoms with van der Waals surface area (Å²) in [6.07, 6.45) is 4.53. The number of amides is 2. The molecule has 1 heterocycles. The highest BCUT2D eigenvalue weighted by Gasteiger charge is 2.28.